The number of halogens is 2. The lowest BCUT2D eigenvalue weighted by Crippen LogP contribution is -2.37. The predicted molar refractivity (Wildman–Crippen MR) is 74.5 cm³/mol. The van der Waals surface area contributed by atoms with Gasteiger partial charge in [-0.3, -0.25) is 0 Å². The van der Waals surface area contributed by atoms with Crippen molar-refractivity contribution in [2.45, 2.75) is 13.0 Å². The summed E-state index contributed by atoms with van der Waals surface area (Å²) >= 11 is 3.62. The standard InChI is InChI=1S/C9H9I2NO4/c1-2-3(8(13)14)5(10)4(9(15)16)6(11)7(2)12/h2,7H,12H2,1H3,(H,13,14)(H,15,16). The molecular formula is C9H9I2NO4. The van der Waals surface area contributed by atoms with E-state index in [1.807, 2.05) is 22.6 Å². The van der Waals surface area contributed by atoms with Crippen molar-refractivity contribution >= 4 is 57.1 Å². The maximum atomic E-state index is 11.1. The number of rotatable bonds is 2. The van der Waals surface area contributed by atoms with E-state index in [1.165, 1.54) is 0 Å². The molecular weight excluding hydrogens is 440 g/mol. The van der Waals surface area contributed by atoms with Gasteiger partial charge >= 0.3 is 11.9 Å². The SMILES string of the molecule is CC1C(C(=O)O)=C(I)C(C(=O)O)=C(I)C1N. The Hall–Kier alpha value is -0.160. The Balaban J connectivity index is 3.47. The summed E-state index contributed by atoms with van der Waals surface area (Å²) in [6, 6.07) is -0.573. The first-order valence-electron chi connectivity index (χ1n) is 4.30. The Morgan fingerprint density at radius 3 is 2.12 bits per heavy atom. The first-order valence-corrected chi connectivity index (χ1v) is 6.46. The maximum Gasteiger partial charge on any atom is 0.337 e. The highest BCUT2D eigenvalue weighted by atomic mass is 127. The van der Waals surface area contributed by atoms with Crippen LogP contribution in [0.2, 0.25) is 0 Å². The fourth-order valence-corrected chi connectivity index (χ4v) is 4.29. The van der Waals surface area contributed by atoms with E-state index >= 15 is 0 Å². The van der Waals surface area contributed by atoms with Crippen LogP contribution >= 0.6 is 45.2 Å². The van der Waals surface area contributed by atoms with E-state index in [-0.39, 0.29) is 20.6 Å². The van der Waals surface area contributed by atoms with E-state index in [4.69, 9.17) is 15.9 Å². The first kappa shape index (κ1) is 13.9. The minimum atomic E-state index is -1.14. The van der Waals surface area contributed by atoms with Gasteiger partial charge in [0.05, 0.1) is 11.1 Å². The van der Waals surface area contributed by atoms with Gasteiger partial charge in [0.2, 0.25) is 0 Å². The highest BCUT2D eigenvalue weighted by Crippen LogP contribution is 2.40. The van der Waals surface area contributed by atoms with Crippen LogP contribution in [0.5, 0.6) is 0 Å². The van der Waals surface area contributed by atoms with Crippen molar-refractivity contribution in [2.24, 2.45) is 11.7 Å². The quantitative estimate of drug-likeness (QED) is 0.556. The van der Waals surface area contributed by atoms with Crippen LogP contribution in [-0.4, -0.2) is 28.2 Å². The third-order valence-electron chi connectivity index (χ3n) is 2.43. The molecule has 5 nitrogen and oxygen atoms in total. The summed E-state index contributed by atoms with van der Waals surface area (Å²) in [6.45, 7) is 1.68. The number of aliphatic carboxylic acids is 2. The van der Waals surface area contributed by atoms with Gasteiger partial charge in [-0.25, -0.2) is 9.59 Å². The van der Waals surface area contributed by atoms with E-state index in [1.54, 1.807) is 29.5 Å². The third-order valence-corrected chi connectivity index (χ3v) is 4.80. The van der Waals surface area contributed by atoms with Gasteiger partial charge in [-0.15, -0.1) is 0 Å². The van der Waals surface area contributed by atoms with Crippen LogP contribution in [0, 0.1) is 5.92 Å². The molecule has 16 heavy (non-hydrogen) atoms. The van der Waals surface area contributed by atoms with Gasteiger partial charge in [0.1, 0.15) is 0 Å². The molecule has 0 aromatic rings. The first-order chi connectivity index (χ1) is 7.29. The largest absolute Gasteiger partial charge is 0.478 e. The predicted octanol–water partition coefficient (Wildman–Crippen LogP) is 1.51. The summed E-state index contributed by atoms with van der Waals surface area (Å²) in [4.78, 5) is 22.1. The molecule has 1 aliphatic rings. The maximum absolute atomic E-state index is 11.1. The number of carboxylic acid groups (broad SMARTS) is 2. The van der Waals surface area contributed by atoms with Gasteiger partial charge in [0.15, 0.2) is 0 Å². The molecule has 2 unspecified atom stereocenters. The van der Waals surface area contributed by atoms with Gasteiger partial charge in [0, 0.05) is 19.1 Å². The van der Waals surface area contributed by atoms with Crippen molar-refractivity contribution in [3.8, 4) is 0 Å². The Kier molecular flexibility index (Phi) is 4.35. The van der Waals surface area contributed by atoms with E-state index in [9.17, 15) is 9.59 Å². The fraction of sp³-hybridized carbons (Fsp3) is 0.333. The van der Waals surface area contributed by atoms with Crippen LogP contribution in [0.4, 0.5) is 0 Å². The van der Waals surface area contributed by atoms with Crippen LogP contribution in [0.15, 0.2) is 18.3 Å². The molecule has 88 valence electrons. The molecule has 0 bridgehead atoms. The summed E-state index contributed by atoms with van der Waals surface area (Å²) < 4.78 is 0.753. The smallest absolute Gasteiger partial charge is 0.337 e. The minimum absolute atomic E-state index is 0.00389. The van der Waals surface area contributed by atoms with Crippen molar-refractivity contribution in [1.82, 2.24) is 0 Å². The second-order valence-electron chi connectivity index (χ2n) is 3.38. The zero-order valence-corrected chi connectivity index (χ0v) is 12.5. The van der Waals surface area contributed by atoms with Crippen LogP contribution in [0.1, 0.15) is 6.92 Å². The molecule has 1 aliphatic carbocycles. The van der Waals surface area contributed by atoms with Gasteiger partial charge in [-0.05, 0) is 45.2 Å². The highest BCUT2D eigenvalue weighted by molar-refractivity contribution is 14.1. The molecule has 0 aromatic carbocycles. The van der Waals surface area contributed by atoms with Crippen LogP contribution in [0.25, 0.3) is 0 Å². The van der Waals surface area contributed by atoms with E-state index in [0.29, 0.717) is 3.58 Å². The number of hydrogen-bond acceptors (Lipinski definition) is 3. The topological polar surface area (TPSA) is 101 Å². The molecule has 0 spiro atoms. The van der Waals surface area contributed by atoms with E-state index in [0.717, 1.165) is 0 Å². The molecule has 0 radical (unpaired) electrons. The van der Waals surface area contributed by atoms with Crippen molar-refractivity contribution in [1.29, 1.82) is 0 Å². The molecule has 0 amide bonds. The van der Waals surface area contributed by atoms with Gasteiger partial charge in [0.25, 0.3) is 0 Å². The van der Waals surface area contributed by atoms with E-state index < -0.39 is 18.0 Å². The molecule has 7 heteroatoms. The number of hydrogen-bond donors (Lipinski definition) is 3. The Bertz CT molecular complexity index is 427. The fourth-order valence-electron chi connectivity index (χ4n) is 1.49. The molecule has 0 fully saturated rings. The van der Waals surface area contributed by atoms with Crippen molar-refractivity contribution in [3.05, 3.63) is 18.3 Å². The van der Waals surface area contributed by atoms with Crippen molar-refractivity contribution < 1.29 is 19.8 Å². The normalized spacial score (nSPS) is 26.0. The molecule has 0 heterocycles. The second-order valence-corrected chi connectivity index (χ2v) is 5.62. The van der Waals surface area contributed by atoms with Crippen LogP contribution in [-0.2, 0) is 9.59 Å². The average molecular weight is 449 g/mol. The molecule has 0 aliphatic heterocycles. The zero-order valence-electron chi connectivity index (χ0n) is 8.20. The van der Waals surface area contributed by atoms with Crippen molar-refractivity contribution in [2.75, 3.05) is 0 Å². The van der Waals surface area contributed by atoms with Crippen LogP contribution < -0.4 is 5.73 Å². The molecule has 1 rings (SSSR count). The Labute approximate surface area is 119 Å². The summed E-state index contributed by atoms with van der Waals surface area (Å²) in [5.41, 5.74) is 5.89. The summed E-state index contributed by atoms with van der Waals surface area (Å²) in [7, 11) is 0. The molecule has 0 saturated heterocycles. The van der Waals surface area contributed by atoms with Gasteiger partial charge < -0.3 is 15.9 Å². The van der Waals surface area contributed by atoms with Crippen molar-refractivity contribution in [3.63, 3.8) is 0 Å². The zero-order chi connectivity index (χ0) is 12.6. The second kappa shape index (κ2) is 5.00. The summed E-state index contributed by atoms with van der Waals surface area (Å²) in [5, 5.41) is 18.1. The molecule has 0 saturated carbocycles. The van der Waals surface area contributed by atoms with Gasteiger partial charge in [-0.1, -0.05) is 6.92 Å². The third kappa shape index (κ3) is 2.25. The minimum Gasteiger partial charge on any atom is -0.478 e. The summed E-state index contributed by atoms with van der Waals surface area (Å²) in [5.74, 6) is -2.65. The molecule has 0 aromatic heterocycles. The molecule has 4 N–H and O–H groups in total. The Morgan fingerprint density at radius 1 is 1.25 bits per heavy atom. The highest BCUT2D eigenvalue weighted by Gasteiger charge is 2.36. The Morgan fingerprint density at radius 2 is 1.75 bits per heavy atom. The van der Waals surface area contributed by atoms with Crippen LogP contribution in [0.3, 0.4) is 0 Å². The number of carbonyl (C=O) groups is 2. The lowest BCUT2D eigenvalue weighted by atomic mass is 9.86. The van der Waals surface area contributed by atoms with E-state index in [2.05, 4.69) is 0 Å². The monoisotopic (exact) mass is 449 g/mol. The number of nitrogens with two attached hydrogens (primary N) is 1. The lowest BCUT2D eigenvalue weighted by molar-refractivity contribution is -0.133. The number of carboxylic acids is 2. The average Bonchev–Trinajstić information content (AvgIpc) is 2.13. The van der Waals surface area contributed by atoms with Gasteiger partial charge in [-0.2, -0.15) is 0 Å². The molecule has 2 atom stereocenters. The lowest BCUT2D eigenvalue weighted by Gasteiger charge is -2.27. The summed E-state index contributed by atoms with van der Waals surface area (Å²) in [6.07, 6.45) is 0.